The second kappa shape index (κ2) is 5.95. The molecule has 1 aliphatic rings. The van der Waals surface area contributed by atoms with Crippen molar-refractivity contribution < 1.29 is 5.11 Å². The van der Waals surface area contributed by atoms with E-state index in [1.165, 1.54) is 0 Å². The van der Waals surface area contributed by atoms with E-state index in [9.17, 15) is 5.11 Å². The Hall–Kier alpha value is -0.770. The zero-order valence-electron chi connectivity index (χ0n) is 9.84. The van der Waals surface area contributed by atoms with Crippen molar-refractivity contribution in [2.75, 3.05) is 19.6 Å². The van der Waals surface area contributed by atoms with Crippen LogP contribution in [0.3, 0.4) is 0 Å². The van der Waals surface area contributed by atoms with Crippen LogP contribution in [0.15, 0.2) is 4.99 Å². The van der Waals surface area contributed by atoms with E-state index in [-0.39, 0.29) is 0 Å². The second-order valence-electron chi connectivity index (χ2n) is 4.12. The second-order valence-corrected chi connectivity index (χ2v) is 4.12. The van der Waals surface area contributed by atoms with E-state index in [1.54, 1.807) is 0 Å². The molecule has 0 atom stereocenters. The molecule has 1 rings (SSSR count). The summed E-state index contributed by atoms with van der Waals surface area (Å²) < 4.78 is 0. The Balaban J connectivity index is 2.22. The molecule has 0 radical (unpaired) electrons. The lowest BCUT2D eigenvalue weighted by molar-refractivity contribution is 0.0250. The minimum atomic E-state index is -0.512. The monoisotopic (exact) mass is 213 g/mol. The lowest BCUT2D eigenvalue weighted by Gasteiger charge is -2.26. The van der Waals surface area contributed by atoms with Gasteiger partial charge in [-0.3, -0.25) is 4.99 Å². The molecule has 4 nitrogen and oxygen atoms in total. The van der Waals surface area contributed by atoms with Gasteiger partial charge in [0.15, 0.2) is 5.96 Å². The Labute approximate surface area is 92.2 Å². The Morgan fingerprint density at radius 2 is 2.20 bits per heavy atom. The van der Waals surface area contributed by atoms with Crippen LogP contribution >= 0.6 is 0 Å². The van der Waals surface area contributed by atoms with E-state index >= 15 is 0 Å². The summed E-state index contributed by atoms with van der Waals surface area (Å²) in [4.78, 5) is 4.31. The molecule has 0 bridgehead atoms. The maximum absolute atomic E-state index is 10.1. The van der Waals surface area contributed by atoms with Gasteiger partial charge in [0.1, 0.15) is 0 Å². The van der Waals surface area contributed by atoms with Crippen molar-refractivity contribution in [1.29, 1.82) is 0 Å². The molecule has 1 aliphatic heterocycles. The highest BCUT2D eigenvalue weighted by Crippen LogP contribution is 2.18. The Kier molecular flexibility index (Phi) is 4.88. The summed E-state index contributed by atoms with van der Waals surface area (Å²) >= 11 is 0. The SMILES string of the molecule is CCC(O)(CC)CCNC1=NCCCN1. The third-order valence-electron chi connectivity index (χ3n) is 3.10. The first-order valence-corrected chi connectivity index (χ1v) is 5.95. The minimum Gasteiger partial charge on any atom is -0.390 e. The quantitative estimate of drug-likeness (QED) is 0.635. The molecule has 0 saturated carbocycles. The molecule has 3 N–H and O–H groups in total. The van der Waals surface area contributed by atoms with Crippen LogP contribution < -0.4 is 10.6 Å². The topological polar surface area (TPSA) is 56.6 Å². The fourth-order valence-corrected chi connectivity index (χ4v) is 1.67. The molecule has 0 saturated heterocycles. The maximum Gasteiger partial charge on any atom is 0.191 e. The molecule has 4 heteroatoms. The van der Waals surface area contributed by atoms with Crippen molar-refractivity contribution in [1.82, 2.24) is 10.6 Å². The number of guanidine groups is 1. The molecule has 1 heterocycles. The normalized spacial score (nSPS) is 16.9. The predicted octanol–water partition coefficient (Wildman–Crippen LogP) is 0.866. The molecule has 15 heavy (non-hydrogen) atoms. The van der Waals surface area contributed by atoms with E-state index in [0.29, 0.717) is 0 Å². The van der Waals surface area contributed by atoms with E-state index in [1.807, 2.05) is 13.8 Å². The lowest BCUT2D eigenvalue weighted by atomic mass is 9.93. The van der Waals surface area contributed by atoms with Crippen LogP contribution in [0.2, 0.25) is 0 Å². The van der Waals surface area contributed by atoms with Gasteiger partial charge < -0.3 is 15.7 Å². The van der Waals surface area contributed by atoms with E-state index in [4.69, 9.17) is 0 Å². The molecule has 0 aromatic carbocycles. The first kappa shape index (κ1) is 12.3. The zero-order valence-corrected chi connectivity index (χ0v) is 9.84. The maximum atomic E-state index is 10.1. The summed E-state index contributed by atoms with van der Waals surface area (Å²) in [6.45, 7) is 6.74. The van der Waals surface area contributed by atoms with Crippen LogP contribution in [-0.2, 0) is 0 Å². The van der Waals surface area contributed by atoms with Crippen LogP contribution in [0.1, 0.15) is 39.5 Å². The van der Waals surface area contributed by atoms with Gasteiger partial charge in [0.05, 0.1) is 5.60 Å². The number of hydrogen-bond donors (Lipinski definition) is 3. The van der Waals surface area contributed by atoms with Gasteiger partial charge in [0, 0.05) is 19.6 Å². The molecule has 0 aliphatic carbocycles. The van der Waals surface area contributed by atoms with E-state index in [0.717, 1.165) is 51.3 Å². The molecule has 0 spiro atoms. The van der Waals surface area contributed by atoms with Crippen LogP contribution in [0.5, 0.6) is 0 Å². The molecular weight excluding hydrogens is 190 g/mol. The Morgan fingerprint density at radius 1 is 1.47 bits per heavy atom. The van der Waals surface area contributed by atoms with Gasteiger partial charge >= 0.3 is 0 Å². The molecule has 0 fully saturated rings. The van der Waals surface area contributed by atoms with Gasteiger partial charge in [-0.25, -0.2) is 0 Å². The highest BCUT2D eigenvalue weighted by Gasteiger charge is 2.21. The number of nitrogens with zero attached hydrogens (tertiary/aromatic N) is 1. The van der Waals surface area contributed by atoms with Crippen molar-refractivity contribution in [2.45, 2.75) is 45.1 Å². The summed E-state index contributed by atoms with van der Waals surface area (Å²) in [5.41, 5.74) is -0.512. The molecule has 0 aromatic heterocycles. The third-order valence-corrected chi connectivity index (χ3v) is 3.10. The number of nitrogens with one attached hydrogen (secondary N) is 2. The lowest BCUT2D eigenvalue weighted by Crippen LogP contribution is -2.43. The van der Waals surface area contributed by atoms with Gasteiger partial charge in [-0.1, -0.05) is 13.8 Å². The first-order valence-electron chi connectivity index (χ1n) is 5.95. The molecular formula is C11H23N3O. The van der Waals surface area contributed by atoms with E-state index < -0.39 is 5.60 Å². The summed E-state index contributed by atoms with van der Waals surface area (Å²) in [5.74, 6) is 0.885. The van der Waals surface area contributed by atoms with Crippen molar-refractivity contribution in [2.24, 2.45) is 4.99 Å². The zero-order chi connectivity index (χ0) is 11.1. The Bertz CT molecular complexity index is 212. The highest BCUT2D eigenvalue weighted by atomic mass is 16.3. The van der Waals surface area contributed by atoms with Gasteiger partial charge in [-0.05, 0) is 25.7 Å². The summed E-state index contributed by atoms with van der Waals surface area (Å²) in [6, 6.07) is 0. The number of aliphatic hydroxyl groups is 1. The largest absolute Gasteiger partial charge is 0.390 e. The van der Waals surface area contributed by atoms with Crippen LogP contribution in [0, 0.1) is 0 Å². The van der Waals surface area contributed by atoms with Crippen LogP contribution in [-0.4, -0.2) is 36.3 Å². The third kappa shape index (κ3) is 4.08. The van der Waals surface area contributed by atoms with Gasteiger partial charge in [-0.15, -0.1) is 0 Å². The number of rotatable bonds is 5. The van der Waals surface area contributed by atoms with Gasteiger partial charge in [-0.2, -0.15) is 0 Å². The molecule has 0 unspecified atom stereocenters. The summed E-state index contributed by atoms with van der Waals surface area (Å²) in [7, 11) is 0. The summed E-state index contributed by atoms with van der Waals surface area (Å²) in [5, 5.41) is 16.5. The van der Waals surface area contributed by atoms with Crippen molar-refractivity contribution in [3.05, 3.63) is 0 Å². The minimum absolute atomic E-state index is 0.512. The molecule has 0 aromatic rings. The average molecular weight is 213 g/mol. The predicted molar refractivity (Wildman–Crippen MR) is 63.1 cm³/mol. The van der Waals surface area contributed by atoms with Crippen molar-refractivity contribution in [3.8, 4) is 0 Å². The summed E-state index contributed by atoms with van der Waals surface area (Å²) in [6.07, 6.45) is 3.51. The fourth-order valence-electron chi connectivity index (χ4n) is 1.67. The van der Waals surface area contributed by atoms with Crippen molar-refractivity contribution >= 4 is 5.96 Å². The van der Waals surface area contributed by atoms with E-state index in [2.05, 4.69) is 15.6 Å². The Morgan fingerprint density at radius 3 is 2.73 bits per heavy atom. The molecule has 0 amide bonds. The number of aliphatic imine (C=N–C) groups is 1. The van der Waals surface area contributed by atoms with Gasteiger partial charge in [0.25, 0.3) is 0 Å². The smallest absolute Gasteiger partial charge is 0.191 e. The van der Waals surface area contributed by atoms with Gasteiger partial charge in [0.2, 0.25) is 0 Å². The van der Waals surface area contributed by atoms with Crippen molar-refractivity contribution in [3.63, 3.8) is 0 Å². The first-order chi connectivity index (χ1) is 7.20. The van der Waals surface area contributed by atoms with Crippen LogP contribution in [0.4, 0.5) is 0 Å². The molecule has 88 valence electrons. The standard InChI is InChI=1S/C11H23N3O/c1-3-11(15,4-2)6-9-14-10-12-7-5-8-13-10/h15H,3-9H2,1-2H3,(H2,12,13,14). The average Bonchev–Trinajstić information content (AvgIpc) is 2.30. The highest BCUT2D eigenvalue weighted by molar-refractivity contribution is 5.80. The fraction of sp³-hybridized carbons (Fsp3) is 0.909. The van der Waals surface area contributed by atoms with Crippen LogP contribution in [0.25, 0.3) is 0 Å². The number of hydrogen-bond acceptors (Lipinski definition) is 4.